The minimum Gasteiger partial charge on any atom is -0.481 e. The lowest BCUT2D eigenvalue weighted by atomic mass is 9.36. The highest BCUT2D eigenvalue weighted by Crippen LogP contribution is 2.73. The molecule has 252 valence electrons. The number of aliphatic carboxylic acids is 1. The summed E-state index contributed by atoms with van der Waals surface area (Å²) in [4.78, 5) is 24.5. The van der Waals surface area contributed by atoms with E-state index in [4.69, 9.17) is 4.74 Å². The van der Waals surface area contributed by atoms with E-state index in [9.17, 15) is 14.7 Å². The number of benzene rings is 1. The molecule has 4 heteroatoms. The number of fused-ring (bicyclic) bond motifs is 7. The van der Waals surface area contributed by atoms with Crippen LogP contribution < -0.4 is 0 Å². The van der Waals surface area contributed by atoms with Gasteiger partial charge in [-0.3, -0.25) is 4.79 Å². The third-order valence-corrected chi connectivity index (χ3v) is 13.1. The van der Waals surface area contributed by atoms with Crippen molar-refractivity contribution in [3.63, 3.8) is 0 Å². The molecule has 1 N–H and O–H groups in total. The van der Waals surface area contributed by atoms with E-state index < -0.39 is 11.4 Å². The van der Waals surface area contributed by atoms with Crippen LogP contribution in [0.4, 0.5) is 0 Å². The first-order valence-electron chi connectivity index (χ1n) is 18.1. The van der Waals surface area contributed by atoms with Crippen molar-refractivity contribution >= 4 is 17.5 Å². The SMILES string of the molecule is C=CC.CC.CC.COC(=O)c1ccc(C2=CCC3(C)C(CCC4(C)C5CCC6(C(=O)O)CCCC6C5CCC43)C2(C)C)cc1. The first-order chi connectivity index (χ1) is 21.4. The average molecular weight is 621 g/mol. The molecule has 0 saturated heterocycles. The number of hydrogen-bond donors (Lipinski definition) is 1. The van der Waals surface area contributed by atoms with Gasteiger partial charge in [0.15, 0.2) is 0 Å². The van der Waals surface area contributed by atoms with Crippen LogP contribution >= 0.6 is 0 Å². The van der Waals surface area contributed by atoms with Crippen molar-refractivity contribution in [2.75, 3.05) is 7.11 Å². The second-order valence-corrected chi connectivity index (χ2v) is 15.0. The third-order valence-electron chi connectivity index (χ3n) is 13.1. The Morgan fingerprint density at radius 3 is 2.04 bits per heavy atom. The fourth-order valence-corrected chi connectivity index (χ4v) is 11.6. The van der Waals surface area contributed by atoms with Gasteiger partial charge in [0.25, 0.3) is 0 Å². The Kier molecular flexibility index (Phi) is 12.0. The molecule has 0 radical (unpaired) electrons. The first-order valence-corrected chi connectivity index (χ1v) is 18.1. The van der Waals surface area contributed by atoms with Gasteiger partial charge in [0.05, 0.1) is 18.1 Å². The van der Waals surface area contributed by atoms with E-state index >= 15 is 0 Å². The summed E-state index contributed by atoms with van der Waals surface area (Å²) in [6.07, 6.45) is 15.5. The molecule has 0 aliphatic heterocycles. The molecule has 45 heavy (non-hydrogen) atoms. The topological polar surface area (TPSA) is 63.6 Å². The molecular formula is C41H64O4. The highest BCUT2D eigenvalue weighted by atomic mass is 16.5. The highest BCUT2D eigenvalue weighted by Gasteiger charge is 2.66. The van der Waals surface area contributed by atoms with Crippen LogP contribution in [0.25, 0.3) is 5.57 Å². The largest absolute Gasteiger partial charge is 0.481 e. The van der Waals surface area contributed by atoms with Crippen LogP contribution in [0.5, 0.6) is 0 Å². The Morgan fingerprint density at radius 1 is 0.844 bits per heavy atom. The third kappa shape index (κ3) is 6.09. The van der Waals surface area contributed by atoms with Gasteiger partial charge in [0.1, 0.15) is 0 Å². The van der Waals surface area contributed by atoms with Crippen LogP contribution in [-0.2, 0) is 9.53 Å². The zero-order valence-corrected chi connectivity index (χ0v) is 30.3. The van der Waals surface area contributed by atoms with Gasteiger partial charge in [0, 0.05) is 0 Å². The van der Waals surface area contributed by atoms with Crippen LogP contribution in [0.1, 0.15) is 142 Å². The van der Waals surface area contributed by atoms with Crippen molar-refractivity contribution < 1.29 is 19.4 Å². The van der Waals surface area contributed by atoms with Crippen LogP contribution in [0.2, 0.25) is 0 Å². The molecule has 5 aliphatic rings. The smallest absolute Gasteiger partial charge is 0.337 e. The lowest BCUT2D eigenvalue weighted by Gasteiger charge is -2.68. The predicted molar refractivity (Wildman–Crippen MR) is 188 cm³/mol. The molecule has 0 bridgehead atoms. The van der Waals surface area contributed by atoms with Crippen LogP contribution in [0, 0.1) is 51.2 Å². The maximum absolute atomic E-state index is 12.5. The number of carbonyl (C=O) groups is 2. The number of carbonyl (C=O) groups excluding carboxylic acids is 1. The van der Waals surface area contributed by atoms with Gasteiger partial charge >= 0.3 is 11.9 Å². The molecule has 1 aromatic rings. The van der Waals surface area contributed by atoms with Crippen LogP contribution in [-0.4, -0.2) is 24.2 Å². The van der Waals surface area contributed by atoms with Crippen LogP contribution in [0.15, 0.2) is 43.0 Å². The maximum atomic E-state index is 12.5. The van der Waals surface area contributed by atoms with E-state index in [1.165, 1.54) is 43.9 Å². The molecule has 0 heterocycles. The second-order valence-electron chi connectivity index (χ2n) is 15.0. The number of hydrogen-bond acceptors (Lipinski definition) is 3. The van der Waals surface area contributed by atoms with E-state index in [1.54, 1.807) is 6.08 Å². The van der Waals surface area contributed by atoms with Crippen molar-refractivity contribution in [1.29, 1.82) is 0 Å². The molecular weight excluding hydrogens is 556 g/mol. The number of methoxy groups -OCH3 is 1. The van der Waals surface area contributed by atoms with Gasteiger partial charge in [-0.2, -0.15) is 0 Å². The first kappa shape index (κ1) is 37.1. The monoisotopic (exact) mass is 620 g/mol. The van der Waals surface area contributed by atoms with E-state index in [-0.39, 0.29) is 16.8 Å². The number of carboxylic acid groups (broad SMARTS) is 1. The summed E-state index contributed by atoms with van der Waals surface area (Å²) in [6.45, 7) is 23.3. The molecule has 8 unspecified atom stereocenters. The lowest BCUT2D eigenvalue weighted by Crippen LogP contribution is -2.61. The summed E-state index contributed by atoms with van der Waals surface area (Å²) in [7, 11) is 1.43. The minimum absolute atomic E-state index is 0.0500. The summed E-state index contributed by atoms with van der Waals surface area (Å²) in [5, 5.41) is 10.3. The number of rotatable bonds is 3. The zero-order valence-electron chi connectivity index (χ0n) is 30.3. The maximum Gasteiger partial charge on any atom is 0.337 e. The molecule has 1 aromatic carbocycles. The molecule has 6 rings (SSSR count). The Labute approximate surface area is 275 Å². The van der Waals surface area contributed by atoms with Crippen molar-refractivity contribution in [2.45, 2.75) is 127 Å². The van der Waals surface area contributed by atoms with E-state index in [0.717, 1.165) is 38.5 Å². The Balaban J connectivity index is 0.000000733. The van der Waals surface area contributed by atoms with Gasteiger partial charge in [-0.1, -0.05) is 86.1 Å². The molecule has 5 aliphatic carbocycles. The number of ether oxygens (including phenoxy) is 1. The summed E-state index contributed by atoms with van der Waals surface area (Å²) in [5.41, 5.74) is 3.43. The Morgan fingerprint density at radius 2 is 1.47 bits per heavy atom. The molecule has 8 atom stereocenters. The standard InChI is InChI=1S/C34H46O4.C3H6.2C2H6/c1-31(2)24(21-8-10-22(11-9-21)29(35)38-5)14-18-33(4)27(31)16-19-32(3)25-15-20-34(30(36)37)17-6-7-26(34)23(25)12-13-28(32)33;1-3-2;2*1-2/h8-11,14,23,25-28H,6-7,12-13,15-20H2,1-5H3,(H,36,37);3H,1H2,2H3;2*1-2H3. The number of carboxylic acids is 1. The Hall–Kier alpha value is -2.36. The fraction of sp³-hybridized carbons (Fsp3) is 0.707. The van der Waals surface area contributed by atoms with E-state index in [2.05, 4.69) is 52.5 Å². The molecule has 4 nitrogen and oxygen atoms in total. The fourth-order valence-electron chi connectivity index (χ4n) is 11.6. The lowest BCUT2D eigenvalue weighted by molar-refractivity contribution is -0.187. The number of allylic oxidation sites excluding steroid dienone is 3. The average Bonchev–Trinajstić information content (AvgIpc) is 3.49. The molecule has 4 fully saturated rings. The normalized spacial score (nSPS) is 36.9. The van der Waals surface area contributed by atoms with Crippen molar-refractivity contribution in [1.82, 2.24) is 0 Å². The predicted octanol–water partition coefficient (Wildman–Crippen LogP) is 11.3. The van der Waals surface area contributed by atoms with Crippen LogP contribution in [0.3, 0.4) is 0 Å². The van der Waals surface area contributed by atoms with Crippen molar-refractivity contribution in [3.05, 3.63) is 54.1 Å². The van der Waals surface area contributed by atoms with Gasteiger partial charge in [-0.15, -0.1) is 6.58 Å². The summed E-state index contributed by atoms with van der Waals surface area (Å²) in [5.74, 6) is 2.17. The van der Waals surface area contributed by atoms with E-state index in [0.29, 0.717) is 40.6 Å². The van der Waals surface area contributed by atoms with Gasteiger partial charge in [-0.25, -0.2) is 4.79 Å². The van der Waals surface area contributed by atoms with Gasteiger partial charge in [-0.05, 0) is 134 Å². The highest BCUT2D eigenvalue weighted by molar-refractivity contribution is 5.90. The Bertz CT molecular complexity index is 1210. The van der Waals surface area contributed by atoms with Gasteiger partial charge < -0.3 is 9.84 Å². The summed E-state index contributed by atoms with van der Waals surface area (Å²) >= 11 is 0. The molecule has 0 aromatic heterocycles. The molecule has 0 amide bonds. The molecule has 4 saturated carbocycles. The van der Waals surface area contributed by atoms with E-state index in [1.807, 2.05) is 46.8 Å². The van der Waals surface area contributed by atoms with Gasteiger partial charge in [0.2, 0.25) is 0 Å². The minimum atomic E-state index is -0.507. The zero-order chi connectivity index (χ0) is 33.8. The molecule has 0 spiro atoms. The van der Waals surface area contributed by atoms with Crippen molar-refractivity contribution in [3.8, 4) is 0 Å². The number of esters is 1. The summed E-state index contributed by atoms with van der Waals surface area (Å²) in [6, 6.07) is 7.99. The summed E-state index contributed by atoms with van der Waals surface area (Å²) < 4.78 is 4.90. The van der Waals surface area contributed by atoms with Crippen molar-refractivity contribution in [2.24, 2.45) is 51.2 Å². The second kappa shape index (κ2) is 14.6. The quantitative estimate of drug-likeness (QED) is 0.270.